The zero-order valence-electron chi connectivity index (χ0n) is 17.7. The van der Waals surface area contributed by atoms with E-state index in [-0.39, 0.29) is 22.7 Å². The molecule has 0 bridgehead atoms. The van der Waals surface area contributed by atoms with Gasteiger partial charge in [0.2, 0.25) is 11.8 Å². The molecule has 0 saturated carbocycles. The Kier molecular flexibility index (Phi) is 7.66. The summed E-state index contributed by atoms with van der Waals surface area (Å²) >= 11 is 7.21. The number of para-hydroxylation sites is 2. The molecule has 10 heteroatoms. The molecule has 2 aromatic carbocycles. The van der Waals surface area contributed by atoms with E-state index in [2.05, 4.69) is 25.8 Å². The maximum atomic E-state index is 12.8. The van der Waals surface area contributed by atoms with E-state index in [9.17, 15) is 14.4 Å². The van der Waals surface area contributed by atoms with Crippen molar-refractivity contribution in [1.82, 2.24) is 15.2 Å². The average molecular weight is 472 g/mol. The van der Waals surface area contributed by atoms with Crippen molar-refractivity contribution < 1.29 is 9.59 Å². The van der Waals surface area contributed by atoms with Crippen molar-refractivity contribution in [3.05, 3.63) is 63.4 Å². The maximum absolute atomic E-state index is 12.8. The van der Waals surface area contributed by atoms with Crippen LogP contribution in [0.4, 0.5) is 11.4 Å². The number of thioether (sulfide) groups is 1. The molecule has 0 spiro atoms. The Balaban J connectivity index is 1.83. The van der Waals surface area contributed by atoms with Crippen molar-refractivity contribution in [3.63, 3.8) is 0 Å². The summed E-state index contributed by atoms with van der Waals surface area (Å²) in [5.41, 5.74) is 1.88. The second-order valence-corrected chi connectivity index (χ2v) is 8.57. The molecule has 3 N–H and O–H groups in total. The van der Waals surface area contributed by atoms with Crippen LogP contribution in [0.1, 0.15) is 25.8 Å². The minimum absolute atomic E-state index is 0.0790. The number of aromatic nitrogens is 3. The van der Waals surface area contributed by atoms with Crippen LogP contribution in [0.3, 0.4) is 0 Å². The summed E-state index contributed by atoms with van der Waals surface area (Å²) in [7, 11) is 0. The van der Waals surface area contributed by atoms with Gasteiger partial charge >= 0.3 is 0 Å². The molecule has 1 aromatic heterocycles. The van der Waals surface area contributed by atoms with Crippen molar-refractivity contribution in [2.24, 2.45) is 0 Å². The predicted molar refractivity (Wildman–Crippen MR) is 127 cm³/mol. The van der Waals surface area contributed by atoms with Crippen LogP contribution >= 0.6 is 23.4 Å². The lowest BCUT2D eigenvalue weighted by Crippen LogP contribution is -2.26. The number of aromatic amines is 1. The summed E-state index contributed by atoms with van der Waals surface area (Å²) in [6.07, 6.45) is 0.497. The Bertz CT molecular complexity index is 1210. The molecular formula is C22H22ClN5O3S. The molecule has 166 valence electrons. The molecule has 0 radical (unpaired) electrons. The van der Waals surface area contributed by atoms with Crippen LogP contribution in [0.25, 0.3) is 11.3 Å². The van der Waals surface area contributed by atoms with Gasteiger partial charge in [-0.15, -0.1) is 10.2 Å². The number of hydrogen-bond acceptors (Lipinski definition) is 6. The predicted octanol–water partition coefficient (Wildman–Crippen LogP) is 4.26. The highest BCUT2D eigenvalue weighted by atomic mass is 35.5. The molecule has 0 fully saturated rings. The lowest BCUT2D eigenvalue weighted by molar-refractivity contribution is -0.116. The Labute approximate surface area is 194 Å². The molecule has 0 aliphatic rings. The highest BCUT2D eigenvalue weighted by molar-refractivity contribution is 8.00. The summed E-state index contributed by atoms with van der Waals surface area (Å²) < 4.78 is 0. The highest BCUT2D eigenvalue weighted by Gasteiger charge is 2.21. The van der Waals surface area contributed by atoms with E-state index >= 15 is 0 Å². The fraction of sp³-hybridized carbons (Fsp3) is 0.227. The highest BCUT2D eigenvalue weighted by Crippen LogP contribution is 2.29. The minimum atomic E-state index is -0.518. The summed E-state index contributed by atoms with van der Waals surface area (Å²) in [5.74, 6) is -0.517. The van der Waals surface area contributed by atoms with Crippen molar-refractivity contribution in [1.29, 1.82) is 0 Å². The van der Waals surface area contributed by atoms with Crippen LogP contribution in [0.15, 0.2) is 52.4 Å². The molecule has 8 nitrogen and oxygen atoms in total. The van der Waals surface area contributed by atoms with Gasteiger partial charge in [0.05, 0.1) is 21.6 Å². The van der Waals surface area contributed by atoms with Crippen LogP contribution in [0.2, 0.25) is 5.02 Å². The van der Waals surface area contributed by atoms with Gasteiger partial charge < -0.3 is 10.6 Å². The van der Waals surface area contributed by atoms with E-state index in [0.717, 1.165) is 17.3 Å². The number of aryl methyl sites for hydroxylation is 1. The number of amides is 2. The van der Waals surface area contributed by atoms with Crippen LogP contribution in [0, 0.1) is 6.92 Å². The average Bonchev–Trinajstić information content (AvgIpc) is 2.75. The number of nitrogens with zero attached hydrogens (tertiary/aromatic N) is 2. The van der Waals surface area contributed by atoms with Gasteiger partial charge in [0.25, 0.3) is 5.56 Å². The molecule has 0 aliphatic heterocycles. The van der Waals surface area contributed by atoms with Gasteiger partial charge in [-0.1, -0.05) is 60.6 Å². The van der Waals surface area contributed by atoms with Crippen LogP contribution < -0.4 is 16.2 Å². The standard InChI is InChI=1S/C22H22ClN5O3S/c1-4-17(20(30)25-16-11-6-5-10-15(16)23)32-22-26-21(31)19(27-28-22)14-9-7-8-12(2)18(14)24-13(3)29/h5-11,17H,4H2,1-3H3,(H,24,29)(H,25,30)(H,26,28,31)/t17-/m1/s1. The first kappa shape index (κ1) is 23.5. The molecular weight excluding hydrogens is 450 g/mol. The van der Waals surface area contributed by atoms with Crippen LogP contribution in [0.5, 0.6) is 0 Å². The molecule has 1 heterocycles. The molecule has 1 atom stereocenters. The number of halogens is 1. The van der Waals surface area contributed by atoms with E-state index < -0.39 is 10.8 Å². The van der Waals surface area contributed by atoms with Gasteiger partial charge in [-0.3, -0.25) is 19.4 Å². The van der Waals surface area contributed by atoms with Crippen molar-refractivity contribution in [3.8, 4) is 11.3 Å². The summed E-state index contributed by atoms with van der Waals surface area (Å²) in [6, 6.07) is 12.2. The summed E-state index contributed by atoms with van der Waals surface area (Å²) in [4.78, 5) is 39.7. The Morgan fingerprint density at radius 1 is 1.12 bits per heavy atom. The van der Waals surface area contributed by atoms with E-state index in [0.29, 0.717) is 28.4 Å². The van der Waals surface area contributed by atoms with E-state index in [1.54, 1.807) is 36.4 Å². The molecule has 3 aromatic rings. The van der Waals surface area contributed by atoms with E-state index in [1.807, 2.05) is 19.9 Å². The first-order chi connectivity index (χ1) is 15.3. The number of anilines is 2. The van der Waals surface area contributed by atoms with Gasteiger partial charge in [-0.05, 0) is 31.0 Å². The normalized spacial score (nSPS) is 11.6. The zero-order valence-corrected chi connectivity index (χ0v) is 19.3. The molecule has 32 heavy (non-hydrogen) atoms. The molecule has 0 saturated heterocycles. The van der Waals surface area contributed by atoms with E-state index in [1.165, 1.54) is 6.92 Å². The summed E-state index contributed by atoms with van der Waals surface area (Å²) in [6.45, 7) is 5.07. The Morgan fingerprint density at radius 3 is 2.53 bits per heavy atom. The topological polar surface area (TPSA) is 117 Å². The smallest absolute Gasteiger partial charge is 0.278 e. The number of hydrogen-bond donors (Lipinski definition) is 3. The third-order valence-electron chi connectivity index (χ3n) is 4.55. The van der Waals surface area contributed by atoms with Gasteiger partial charge in [-0.25, -0.2) is 0 Å². The Morgan fingerprint density at radius 2 is 1.88 bits per heavy atom. The number of benzene rings is 2. The lowest BCUT2D eigenvalue weighted by Gasteiger charge is -2.15. The Hall–Kier alpha value is -3.17. The number of H-pyrrole nitrogens is 1. The molecule has 3 rings (SSSR count). The fourth-order valence-electron chi connectivity index (χ4n) is 2.99. The van der Waals surface area contributed by atoms with Crippen molar-refractivity contribution in [2.45, 2.75) is 37.6 Å². The first-order valence-electron chi connectivity index (χ1n) is 9.86. The largest absolute Gasteiger partial charge is 0.325 e. The van der Waals surface area contributed by atoms with E-state index in [4.69, 9.17) is 11.6 Å². The zero-order chi connectivity index (χ0) is 23.3. The van der Waals surface area contributed by atoms with Crippen LogP contribution in [-0.4, -0.2) is 32.2 Å². The SMILES string of the molecule is CC[C@@H](Sc1nnc(-c2cccc(C)c2NC(C)=O)c(=O)[nH]1)C(=O)Nc1ccccc1Cl. The third-order valence-corrected chi connectivity index (χ3v) is 6.12. The number of carbonyl (C=O) groups excluding carboxylic acids is 2. The quantitative estimate of drug-likeness (QED) is 0.443. The van der Waals surface area contributed by atoms with Crippen molar-refractivity contribution in [2.75, 3.05) is 10.6 Å². The number of nitrogens with one attached hydrogen (secondary N) is 3. The summed E-state index contributed by atoms with van der Waals surface area (Å²) in [5, 5.41) is 13.8. The molecule has 2 amide bonds. The molecule has 0 unspecified atom stereocenters. The monoisotopic (exact) mass is 471 g/mol. The lowest BCUT2D eigenvalue weighted by atomic mass is 10.1. The second kappa shape index (κ2) is 10.4. The number of rotatable bonds is 7. The second-order valence-electron chi connectivity index (χ2n) is 6.97. The third kappa shape index (κ3) is 5.54. The van der Waals surface area contributed by atoms with Gasteiger partial charge in [-0.2, -0.15) is 0 Å². The maximum Gasteiger partial charge on any atom is 0.278 e. The fourth-order valence-corrected chi connectivity index (χ4v) is 4.02. The van der Waals surface area contributed by atoms with Crippen molar-refractivity contribution >= 4 is 46.6 Å². The first-order valence-corrected chi connectivity index (χ1v) is 11.1. The van der Waals surface area contributed by atoms with Crippen LogP contribution in [-0.2, 0) is 9.59 Å². The van der Waals surface area contributed by atoms with Gasteiger partial charge in [0.1, 0.15) is 0 Å². The van der Waals surface area contributed by atoms with Gasteiger partial charge in [0, 0.05) is 12.5 Å². The molecule has 0 aliphatic carbocycles. The minimum Gasteiger partial charge on any atom is -0.325 e. The number of carbonyl (C=O) groups is 2. The van der Waals surface area contributed by atoms with Gasteiger partial charge in [0.15, 0.2) is 10.9 Å².